The van der Waals surface area contributed by atoms with Crippen molar-refractivity contribution in [3.63, 3.8) is 0 Å². The van der Waals surface area contributed by atoms with Gasteiger partial charge in [-0.2, -0.15) is 0 Å². The van der Waals surface area contributed by atoms with Gasteiger partial charge in [-0.05, 0) is 42.8 Å². The lowest BCUT2D eigenvalue weighted by molar-refractivity contribution is 0.104. The molecule has 0 aliphatic carbocycles. The number of allylic oxidation sites excluding steroid dienone is 1. The molecule has 24 heavy (non-hydrogen) atoms. The number of hydrogen-bond donors (Lipinski definition) is 1. The van der Waals surface area contributed by atoms with E-state index in [9.17, 15) is 9.90 Å². The van der Waals surface area contributed by atoms with Gasteiger partial charge in [0, 0.05) is 0 Å². The summed E-state index contributed by atoms with van der Waals surface area (Å²) in [5.41, 5.74) is 1.88. The van der Waals surface area contributed by atoms with Gasteiger partial charge in [-0.3, -0.25) is 4.79 Å². The third-order valence-electron chi connectivity index (χ3n) is 3.53. The summed E-state index contributed by atoms with van der Waals surface area (Å²) in [4.78, 5) is 12.3. The molecule has 2 aromatic rings. The lowest BCUT2D eigenvalue weighted by atomic mass is 10.1. The summed E-state index contributed by atoms with van der Waals surface area (Å²) in [6, 6.07) is 8.38. The molecule has 2 rings (SSSR count). The quantitative estimate of drug-likeness (QED) is 0.648. The maximum Gasteiger partial charge on any atom is 0.203 e. The van der Waals surface area contributed by atoms with E-state index in [2.05, 4.69) is 0 Å². The summed E-state index contributed by atoms with van der Waals surface area (Å²) in [6.07, 6.45) is 3.03. The number of aryl methyl sites for hydroxylation is 1. The topological polar surface area (TPSA) is 65.0 Å². The van der Waals surface area contributed by atoms with Gasteiger partial charge in [0.15, 0.2) is 17.3 Å². The van der Waals surface area contributed by atoms with E-state index in [0.29, 0.717) is 22.8 Å². The lowest BCUT2D eigenvalue weighted by Gasteiger charge is -2.12. The average molecular weight is 328 g/mol. The van der Waals surface area contributed by atoms with E-state index in [1.165, 1.54) is 33.5 Å². The van der Waals surface area contributed by atoms with Crippen LogP contribution in [0.25, 0.3) is 6.08 Å². The highest BCUT2D eigenvalue weighted by Crippen LogP contribution is 2.38. The zero-order valence-electron chi connectivity index (χ0n) is 14.1. The molecule has 1 N–H and O–H groups in total. The van der Waals surface area contributed by atoms with E-state index in [1.807, 2.05) is 6.92 Å². The number of carbonyl (C=O) groups excluding carboxylic acids is 1. The molecular formula is C19H20O5. The predicted octanol–water partition coefficient (Wildman–Crippen LogP) is 3.62. The van der Waals surface area contributed by atoms with E-state index in [4.69, 9.17) is 14.2 Å². The predicted molar refractivity (Wildman–Crippen MR) is 92.3 cm³/mol. The van der Waals surface area contributed by atoms with E-state index in [0.717, 1.165) is 5.56 Å². The van der Waals surface area contributed by atoms with Crippen molar-refractivity contribution in [2.45, 2.75) is 6.92 Å². The van der Waals surface area contributed by atoms with Gasteiger partial charge in [-0.1, -0.05) is 17.7 Å². The highest BCUT2D eigenvalue weighted by molar-refractivity contribution is 6.08. The summed E-state index contributed by atoms with van der Waals surface area (Å²) in [5, 5.41) is 9.82. The van der Waals surface area contributed by atoms with Gasteiger partial charge in [-0.25, -0.2) is 0 Å². The number of methoxy groups -OCH3 is 3. The maximum atomic E-state index is 12.3. The molecule has 0 atom stereocenters. The second-order valence-electron chi connectivity index (χ2n) is 5.18. The zero-order valence-corrected chi connectivity index (χ0v) is 14.1. The van der Waals surface area contributed by atoms with Gasteiger partial charge in [-0.15, -0.1) is 0 Å². The number of rotatable bonds is 6. The van der Waals surface area contributed by atoms with Crippen molar-refractivity contribution in [1.82, 2.24) is 0 Å². The van der Waals surface area contributed by atoms with E-state index in [-0.39, 0.29) is 17.1 Å². The van der Waals surface area contributed by atoms with Crippen molar-refractivity contribution in [3.05, 3.63) is 53.1 Å². The molecule has 126 valence electrons. The van der Waals surface area contributed by atoms with Crippen molar-refractivity contribution in [1.29, 1.82) is 0 Å². The Morgan fingerprint density at radius 1 is 1.00 bits per heavy atom. The number of benzene rings is 2. The van der Waals surface area contributed by atoms with Crippen molar-refractivity contribution < 1.29 is 24.1 Å². The monoisotopic (exact) mass is 328 g/mol. The van der Waals surface area contributed by atoms with Crippen molar-refractivity contribution >= 4 is 11.9 Å². The second kappa shape index (κ2) is 7.55. The lowest BCUT2D eigenvalue weighted by Crippen LogP contribution is -1.97. The number of carbonyl (C=O) groups is 1. The highest BCUT2D eigenvalue weighted by Gasteiger charge is 2.13. The Bertz CT molecular complexity index is 752. The molecule has 0 saturated heterocycles. The van der Waals surface area contributed by atoms with Crippen molar-refractivity contribution in [3.8, 4) is 23.0 Å². The number of hydrogen-bond acceptors (Lipinski definition) is 5. The van der Waals surface area contributed by atoms with Gasteiger partial charge in [0.05, 0.1) is 26.9 Å². The molecule has 0 fully saturated rings. The molecule has 5 heteroatoms. The number of phenols is 1. The molecule has 0 spiro atoms. The fraction of sp³-hybridized carbons (Fsp3) is 0.211. The van der Waals surface area contributed by atoms with Crippen LogP contribution < -0.4 is 14.2 Å². The van der Waals surface area contributed by atoms with E-state index >= 15 is 0 Å². The van der Waals surface area contributed by atoms with E-state index < -0.39 is 0 Å². The summed E-state index contributed by atoms with van der Waals surface area (Å²) < 4.78 is 15.8. The third-order valence-corrected chi connectivity index (χ3v) is 3.53. The summed E-state index contributed by atoms with van der Waals surface area (Å²) >= 11 is 0. The molecule has 0 aromatic heterocycles. The minimum absolute atomic E-state index is 0.0415. The number of phenolic OH excluding ortho intramolecular Hbond substituents is 1. The molecule has 0 heterocycles. The molecule has 2 aromatic carbocycles. The summed E-state index contributed by atoms with van der Waals surface area (Å²) in [7, 11) is 4.58. The average Bonchev–Trinajstić information content (AvgIpc) is 2.60. The van der Waals surface area contributed by atoms with Crippen LogP contribution in [0.15, 0.2) is 36.4 Å². The Morgan fingerprint density at radius 2 is 1.62 bits per heavy atom. The Morgan fingerprint density at radius 3 is 2.17 bits per heavy atom. The Hall–Kier alpha value is -2.95. The SMILES string of the molecule is COc1cc(/C=C/C(=O)c2cc(C)ccc2O)cc(OC)c1OC. The highest BCUT2D eigenvalue weighted by atomic mass is 16.5. The minimum atomic E-state index is -0.287. The minimum Gasteiger partial charge on any atom is -0.507 e. The second-order valence-corrected chi connectivity index (χ2v) is 5.18. The fourth-order valence-electron chi connectivity index (χ4n) is 2.31. The van der Waals surface area contributed by atoms with Crippen molar-refractivity contribution in [2.75, 3.05) is 21.3 Å². The van der Waals surface area contributed by atoms with Gasteiger partial charge in [0.25, 0.3) is 0 Å². The fourth-order valence-corrected chi connectivity index (χ4v) is 2.31. The molecular weight excluding hydrogens is 308 g/mol. The van der Waals surface area contributed by atoms with Crippen molar-refractivity contribution in [2.24, 2.45) is 0 Å². The Labute approximate surface area is 141 Å². The van der Waals surface area contributed by atoms with Gasteiger partial charge in [0.1, 0.15) is 5.75 Å². The normalized spacial score (nSPS) is 10.7. The first-order valence-corrected chi connectivity index (χ1v) is 7.32. The van der Waals surface area contributed by atoms with Crippen LogP contribution >= 0.6 is 0 Å². The standard InChI is InChI=1S/C19H20O5/c1-12-5-7-15(20)14(9-12)16(21)8-6-13-10-17(22-2)19(24-4)18(11-13)23-3/h5-11,20H,1-4H3/b8-6+. The van der Waals surface area contributed by atoms with Crippen LogP contribution in [-0.4, -0.2) is 32.2 Å². The van der Waals surface area contributed by atoms with Crippen LogP contribution in [0.2, 0.25) is 0 Å². The maximum absolute atomic E-state index is 12.3. The first-order valence-electron chi connectivity index (χ1n) is 7.32. The van der Waals surface area contributed by atoms with Crippen LogP contribution in [-0.2, 0) is 0 Å². The third kappa shape index (κ3) is 3.68. The number of ether oxygens (including phenoxy) is 3. The first kappa shape index (κ1) is 17.4. The molecule has 0 aliphatic heterocycles. The zero-order chi connectivity index (χ0) is 17.7. The molecule has 0 radical (unpaired) electrons. The molecule has 0 saturated carbocycles. The number of aromatic hydroxyl groups is 1. The Kier molecular flexibility index (Phi) is 5.47. The van der Waals surface area contributed by atoms with Crippen LogP contribution in [0.3, 0.4) is 0 Å². The van der Waals surface area contributed by atoms with Gasteiger partial charge in [0.2, 0.25) is 5.75 Å². The molecule has 0 amide bonds. The van der Waals surface area contributed by atoms with Crippen LogP contribution in [0.5, 0.6) is 23.0 Å². The smallest absolute Gasteiger partial charge is 0.203 e. The van der Waals surface area contributed by atoms with Crippen LogP contribution in [0.1, 0.15) is 21.5 Å². The summed E-state index contributed by atoms with van der Waals surface area (Å²) in [5.74, 6) is 1.16. The molecule has 0 bridgehead atoms. The molecule has 5 nitrogen and oxygen atoms in total. The summed E-state index contributed by atoms with van der Waals surface area (Å²) in [6.45, 7) is 1.86. The number of ketones is 1. The van der Waals surface area contributed by atoms with Crippen LogP contribution in [0.4, 0.5) is 0 Å². The van der Waals surface area contributed by atoms with Gasteiger partial charge >= 0.3 is 0 Å². The van der Waals surface area contributed by atoms with E-state index in [1.54, 1.807) is 30.3 Å². The van der Waals surface area contributed by atoms with Crippen LogP contribution in [0, 0.1) is 6.92 Å². The Balaban J connectivity index is 2.34. The largest absolute Gasteiger partial charge is 0.507 e. The molecule has 0 unspecified atom stereocenters. The first-order chi connectivity index (χ1) is 11.5. The van der Waals surface area contributed by atoms with Gasteiger partial charge < -0.3 is 19.3 Å². The molecule has 0 aliphatic rings.